The summed E-state index contributed by atoms with van der Waals surface area (Å²) in [4.78, 5) is 0. The van der Waals surface area contributed by atoms with Gasteiger partial charge in [0.25, 0.3) is 0 Å². The third-order valence-electron chi connectivity index (χ3n) is 4.69. The van der Waals surface area contributed by atoms with E-state index >= 15 is 0 Å². The Balaban J connectivity index is 1.83. The van der Waals surface area contributed by atoms with Crippen molar-refractivity contribution in [3.05, 3.63) is 66.2 Å². The van der Waals surface area contributed by atoms with Gasteiger partial charge in [-0.2, -0.15) is 0 Å². The zero-order valence-electron chi connectivity index (χ0n) is 13.2. The van der Waals surface area contributed by atoms with Gasteiger partial charge in [0.15, 0.2) is 0 Å². The van der Waals surface area contributed by atoms with Crippen LogP contribution in [0.25, 0.3) is 16.7 Å². The monoisotopic (exact) mass is 303 g/mol. The maximum absolute atomic E-state index is 4.44. The molecule has 3 aromatic rings. The van der Waals surface area contributed by atoms with Crippen molar-refractivity contribution in [1.29, 1.82) is 0 Å². The minimum atomic E-state index is 0.641. The number of hydrogen-bond acceptors (Lipinski definition) is 2. The number of allylic oxidation sites excluding steroid dienone is 1. The SMILES string of the molecule is C(=C(c1ccccc1)n1nnc2ccccc21)C1CCCCC1. The zero-order chi connectivity index (χ0) is 15.5. The molecule has 0 radical (unpaired) electrons. The molecule has 116 valence electrons. The standard InChI is InChI=1S/C20H21N3/c1-3-9-16(10-4-1)15-20(17-11-5-2-6-12-17)23-19-14-8-7-13-18(19)21-22-23/h2,5-8,11-16H,1,3-4,9-10H2. The molecule has 1 aliphatic carbocycles. The summed E-state index contributed by atoms with van der Waals surface area (Å²) in [5.74, 6) is 0.641. The average molecular weight is 303 g/mol. The van der Waals surface area contributed by atoms with E-state index in [4.69, 9.17) is 0 Å². The molecule has 0 atom stereocenters. The quantitative estimate of drug-likeness (QED) is 0.689. The highest BCUT2D eigenvalue weighted by Gasteiger charge is 2.16. The van der Waals surface area contributed by atoms with Crippen LogP contribution < -0.4 is 0 Å². The molecule has 3 heteroatoms. The Hall–Kier alpha value is -2.42. The van der Waals surface area contributed by atoms with E-state index in [9.17, 15) is 0 Å². The third kappa shape index (κ3) is 2.91. The molecule has 0 spiro atoms. The normalized spacial score (nSPS) is 16.8. The summed E-state index contributed by atoms with van der Waals surface area (Å²) in [6.45, 7) is 0. The van der Waals surface area contributed by atoms with Gasteiger partial charge < -0.3 is 0 Å². The minimum Gasteiger partial charge on any atom is -0.213 e. The highest BCUT2D eigenvalue weighted by Crippen LogP contribution is 2.29. The highest BCUT2D eigenvalue weighted by atomic mass is 15.4. The van der Waals surface area contributed by atoms with Crippen LogP contribution in [0.2, 0.25) is 0 Å². The van der Waals surface area contributed by atoms with Crippen LogP contribution in [0.15, 0.2) is 60.7 Å². The molecule has 4 rings (SSSR count). The van der Waals surface area contributed by atoms with Crippen LogP contribution in [0.5, 0.6) is 0 Å². The van der Waals surface area contributed by atoms with E-state index in [1.807, 2.05) is 22.9 Å². The number of nitrogens with zero attached hydrogens (tertiary/aromatic N) is 3. The lowest BCUT2D eigenvalue weighted by molar-refractivity contribution is 0.419. The van der Waals surface area contributed by atoms with Crippen LogP contribution in [0.4, 0.5) is 0 Å². The van der Waals surface area contributed by atoms with Gasteiger partial charge in [-0.3, -0.25) is 0 Å². The molecule has 1 aromatic heterocycles. The van der Waals surface area contributed by atoms with Gasteiger partial charge in [-0.25, -0.2) is 4.68 Å². The van der Waals surface area contributed by atoms with Crippen molar-refractivity contribution in [2.24, 2.45) is 5.92 Å². The fourth-order valence-electron chi connectivity index (χ4n) is 3.47. The van der Waals surface area contributed by atoms with Gasteiger partial charge in [-0.1, -0.05) is 73.0 Å². The Morgan fingerprint density at radius 1 is 0.913 bits per heavy atom. The van der Waals surface area contributed by atoms with Crippen molar-refractivity contribution in [2.75, 3.05) is 0 Å². The second-order valence-corrected chi connectivity index (χ2v) is 6.31. The largest absolute Gasteiger partial charge is 0.213 e. The van der Waals surface area contributed by atoms with Crippen LogP contribution in [0, 0.1) is 5.92 Å². The summed E-state index contributed by atoms with van der Waals surface area (Å²) in [6, 6.07) is 18.7. The van der Waals surface area contributed by atoms with E-state index in [-0.39, 0.29) is 0 Å². The van der Waals surface area contributed by atoms with Crippen molar-refractivity contribution in [1.82, 2.24) is 15.0 Å². The molecule has 23 heavy (non-hydrogen) atoms. The Morgan fingerprint density at radius 2 is 1.65 bits per heavy atom. The van der Waals surface area contributed by atoms with E-state index in [1.54, 1.807) is 0 Å². The number of fused-ring (bicyclic) bond motifs is 1. The molecular formula is C20H21N3. The maximum Gasteiger partial charge on any atom is 0.113 e. The predicted molar refractivity (Wildman–Crippen MR) is 93.9 cm³/mol. The summed E-state index contributed by atoms with van der Waals surface area (Å²) in [5, 5.41) is 8.77. The number of hydrogen-bond donors (Lipinski definition) is 0. The lowest BCUT2D eigenvalue weighted by atomic mass is 9.88. The first-order chi connectivity index (χ1) is 11.4. The van der Waals surface area contributed by atoms with Crippen LogP contribution in [-0.4, -0.2) is 15.0 Å². The molecule has 1 aliphatic rings. The van der Waals surface area contributed by atoms with E-state index < -0.39 is 0 Å². The predicted octanol–water partition coefficient (Wildman–Crippen LogP) is 4.90. The van der Waals surface area contributed by atoms with Crippen molar-refractivity contribution in [3.8, 4) is 0 Å². The first-order valence-electron chi connectivity index (χ1n) is 8.50. The first kappa shape index (κ1) is 14.2. The van der Waals surface area contributed by atoms with Gasteiger partial charge in [-0.05, 0) is 36.5 Å². The molecule has 1 heterocycles. The number of benzene rings is 2. The first-order valence-corrected chi connectivity index (χ1v) is 8.50. The summed E-state index contributed by atoms with van der Waals surface area (Å²) in [7, 11) is 0. The lowest BCUT2D eigenvalue weighted by Gasteiger charge is -2.20. The second kappa shape index (κ2) is 6.37. The summed E-state index contributed by atoms with van der Waals surface area (Å²) < 4.78 is 2.00. The molecule has 0 N–H and O–H groups in total. The average Bonchev–Trinajstić information content (AvgIpc) is 3.05. The summed E-state index contributed by atoms with van der Waals surface area (Å²) in [6.07, 6.45) is 9.02. The lowest BCUT2D eigenvalue weighted by Crippen LogP contribution is -2.08. The summed E-state index contributed by atoms with van der Waals surface area (Å²) >= 11 is 0. The van der Waals surface area contributed by atoms with Gasteiger partial charge in [0.05, 0.1) is 11.2 Å². The summed E-state index contributed by atoms with van der Waals surface area (Å²) in [5.41, 5.74) is 4.37. The molecule has 2 aromatic carbocycles. The van der Waals surface area contributed by atoms with Gasteiger partial charge in [0, 0.05) is 0 Å². The Bertz CT molecular complexity index is 811. The van der Waals surface area contributed by atoms with E-state index in [0.29, 0.717) is 5.92 Å². The molecule has 0 saturated heterocycles. The fraction of sp³-hybridized carbons (Fsp3) is 0.300. The highest BCUT2D eigenvalue weighted by molar-refractivity contribution is 5.81. The molecule has 1 saturated carbocycles. The number of rotatable bonds is 3. The Morgan fingerprint density at radius 3 is 2.48 bits per heavy atom. The van der Waals surface area contributed by atoms with Crippen LogP contribution in [0.1, 0.15) is 37.7 Å². The van der Waals surface area contributed by atoms with Gasteiger partial charge in [-0.15, -0.1) is 5.10 Å². The smallest absolute Gasteiger partial charge is 0.113 e. The van der Waals surface area contributed by atoms with Gasteiger partial charge >= 0.3 is 0 Å². The van der Waals surface area contributed by atoms with Crippen LogP contribution in [0.3, 0.4) is 0 Å². The Labute approximate surface area is 136 Å². The van der Waals surface area contributed by atoms with Gasteiger partial charge in [0.2, 0.25) is 0 Å². The van der Waals surface area contributed by atoms with Gasteiger partial charge in [0.1, 0.15) is 5.52 Å². The van der Waals surface area contributed by atoms with Crippen molar-refractivity contribution in [2.45, 2.75) is 32.1 Å². The molecule has 0 unspecified atom stereocenters. The van der Waals surface area contributed by atoms with Crippen molar-refractivity contribution < 1.29 is 0 Å². The van der Waals surface area contributed by atoms with E-state index in [2.05, 4.69) is 52.8 Å². The maximum atomic E-state index is 4.44. The molecular weight excluding hydrogens is 282 g/mol. The molecule has 0 bridgehead atoms. The van der Waals surface area contributed by atoms with Crippen molar-refractivity contribution in [3.63, 3.8) is 0 Å². The topological polar surface area (TPSA) is 30.7 Å². The van der Waals surface area contributed by atoms with E-state index in [1.165, 1.54) is 37.7 Å². The zero-order valence-corrected chi connectivity index (χ0v) is 13.2. The van der Waals surface area contributed by atoms with Crippen LogP contribution >= 0.6 is 0 Å². The van der Waals surface area contributed by atoms with Crippen LogP contribution in [-0.2, 0) is 0 Å². The van der Waals surface area contributed by atoms with E-state index in [0.717, 1.165) is 16.7 Å². The second-order valence-electron chi connectivity index (χ2n) is 6.31. The molecule has 0 amide bonds. The molecule has 1 fully saturated rings. The number of aromatic nitrogens is 3. The minimum absolute atomic E-state index is 0.641. The number of para-hydroxylation sites is 1. The fourth-order valence-corrected chi connectivity index (χ4v) is 3.47. The molecule has 0 aliphatic heterocycles. The third-order valence-corrected chi connectivity index (χ3v) is 4.69. The Kier molecular flexibility index (Phi) is 3.93. The van der Waals surface area contributed by atoms with Crippen molar-refractivity contribution >= 4 is 16.7 Å². The molecule has 3 nitrogen and oxygen atoms in total.